The maximum absolute atomic E-state index is 12.0. The normalized spacial score (nSPS) is 25.1. The highest BCUT2D eigenvalue weighted by Crippen LogP contribution is 2.44. The van der Waals surface area contributed by atoms with Gasteiger partial charge in [-0.2, -0.15) is 0 Å². The van der Waals surface area contributed by atoms with E-state index in [0.29, 0.717) is 12.6 Å². The minimum atomic E-state index is -4.65. The average Bonchev–Trinajstić information content (AvgIpc) is 2.34. The van der Waals surface area contributed by atoms with Crippen molar-refractivity contribution in [3.8, 4) is 5.75 Å². The van der Waals surface area contributed by atoms with E-state index in [2.05, 4.69) is 23.9 Å². The Hall–Kier alpha value is -0.940. The third kappa shape index (κ3) is 3.58. The number of benzene rings is 1. The van der Waals surface area contributed by atoms with Crippen LogP contribution in [0.1, 0.15) is 25.8 Å². The highest BCUT2D eigenvalue weighted by atomic mass is 35.5. The minimum absolute atomic E-state index is 0.0426. The van der Waals surface area contributed by atoms with E-state index in [1.165, 1.54) is 12.1 Å². The molecule has 0 radical (unpaired) electrons. The summed E-state index contributed by atoms with van der Waals surface area (Å²) < 4.78 is 39.9. The lowest BCUT2D eigenvalue weighted by Crippen LogP contribution is -2.57. The standard InChI is InChI=1S/C14H17ClF3NO/c1-13(2)11(15)7-12(13)19-8-9-3-5-10(6-4-9)20-14(16,17)18/h3-6,11-12,19H,7-8H2,1-2H3. The van der Waals surface area contributed by atoms with Gasteiger partial charge in [-0.3, -0.25) is 0 Å². The summed E-state index contributed by atoms with van der Waals surface area (Å²) in [7, 11) is 0. The minimum Gasteiger partial charge on any atom is -0.406 e. The van der Waals surface area contributed by atoms with Crippen molar-refractivity contribution in [3.05, 3.63) is 29.8 Å². The number of nitrogens with one attached hydrogen (secondary N) is 1. The van der Waals surface area contributed by atoms with Gasteiger partial charge in [0.15, 0.2) is 0 Å². The van der Waals surface area contributed by atoms with Gasteiger partial charge in [0.05, 0.1) is 0 Å². The molecule has 0 heterocycles. The van der Waals surface area contributed by atoms with Crippen LogP contribution in [0.2, 0.25) is 0 Å². The van der Waals surface area contributed by atoms with Crippen LogP contribution in [-0.2, 0) is 6.54 Å². The van der Waals surface area contributed by atoms with Gasteiger partial charge in [-0.1, -0.05) is 26.0 Å². The van der Waals surface area contributed by atoms with Crippen LogP contribution in [0.3, 0.4) is 0 Å². The first-order chi connectivity index (χ1) is 9.18. The Balaban J connectivity index is 1.86. The van der Waals surface area contributed by atoms with E-state index in [1.807, 2.05) is 0 Å². The molecule has 1 fully saturated rings. The Kier molecular flexibility index (Phi) is 4.21. The molecule has 1 N–H and O–H groups in total. The summed E-state index contributed by atoms with van der Waals surface area (Å²) in [5.74, 6) is -0.203. The van der Waals surface area contributed by atoms with Crippen molar-refractivity contribution in [2.75, 3.05) is 0 Å². The van der Waals surface area contributed by atoms with Crippen molar-refractivity contribution in [2.24, 2.45) is 5.41 Å². The van der Waals surface area contributed by atoms with E-state index in [0.717, 1.165) is 12.0 Å². The lowest BCUT2D eigenvalue weighted by Gasteiger charge is -2.49. The predicted molar refractivity (Wildman–Crippen MR) is 71.8 cm³/mol. The summed E-state index contributed by atoms with van der Waals surface area (Å²) in [6, 6.07) is 6.22. The molecule has 0 aromatic heterocycles. The van der Waals surface area contributed by atoms with Crippen LogP contribution in [0.5, 0.6) is 5.75 Å². The fraction of sp³-hybridized carbons (Fsp3) is 0.571. The third-order valence-electron chi connectivity index (χ3n) is 3.86. The maximum atomic E-state index is 12.0. The van der Waals surface area contributed by atoms with Gasteiger partial charge in [-0.15, -0.1) is 24.8 Å². The summed E-state index contributed by atoms with van der Waals surface area (Å²) in [6.45, 7) is 4.81. The van der Waals surface area contributed by atoms with E-state index in [1.54, 1.807) is 12.1 Å². The molecule has 0 aliphatic heterocycles. The fourth-order valence-electron chi connectivity index (χ4n) is 2.27. The molecule has 6 heteroatoms. The van der Waals surface area contributed by atoms with Gasteiger partial charge >= 0.3 is 6.36 Å². The Morgan fingerprint density at radius 2 is 1.90 bits per heavy atom. The molecule has 0 bridgehead atoms. The lowest BCUT2D eigenvalue weighted by molar-refractivity contribution is -0.274. The van der Waals surface area contributed by atoms with Crippen LogP contribution in [0.15, 0.2) is 24.3 Å². The second-order valence-electron chi connectivity index (χ2n) is 5.65. The second kappa shape index (κ2) is 5.45. The predicted octanol–water partition coefficient (Wildman–Crippen LogP) is 4.08. The Morgan fingerprint density at radius 3 is 2.35 bits per heavy atom. The van der Waals surface area contributed by atoms with E-state index < -0.39 is 6.36 Å². The van der Waals surface area contributed by atoms with Crippen molar-refractivity contribution in [1.29, 1.82) is 0 Å². The first-order valence-corrected chi connectivity index (χ1v) is 6.84. The molecule has 20 heavy (non-hydrogen) atoms. The highest BCUT2D eigenvalue weighted by Gasteiger charge is 2.46. The van der Waals surface area contributed by atoms with Crippen LogP contribution in [-0.4, -0.2) is 17.8 Å². The molecule has 2 unspecified atom stereocenters. The number of hydrogen-bond donors (Lipinski definition) is 1. The zero-order chi connectivity index (χ0) is 15.0. The zero-order valence-electron chi connectivity index (χ0n) is 11.3. The van der Waals surface area contributed by atoms with Gasteiger partial charge in [-0.05, 0) is 29.5 Å². The molecular weight excluding hydrogens is 291 g/mol. The van der Waals surface area contributed by atoms with Crippen LogP contribution < -0.4 is 10.1 Å². The highest BCUT2D eigenvalue weighted by molar-refractivity contribution is 6.21. The fourth-order valence-corrected chi connectivity index (χ4v) is 2.60. The SMILES string of the molecule is CC1(C)C(Cl)CC1NCc1ccc(OC(F)(F)F)cc1. The molecule has 1 aromatic rings. The van der Waals surface area contributed by atoms with Crippen molar-refractivity contribution in [1.82, 2.24) is 5.32 Å². The van der Waals surface area contributed by atoms with Crippen molar-refractivity contribution < 1.29 is 17.9 Å². The monoisotopic (exact) mass is 307 g/mol. The van der Waals surface area contributed by atoms with E-state index in [9.17, 15) is 13.2 Å². The second-order valence-corrected chi connectivity index (χ2v) is 6.18. The molecule has 112 valence electrons. The van der Waals surface area contributed by atoms with Gasteiger partial charge in [-0.25, -0.2) is 0 Å². The van der Waals surface area contributed by atoms with E-state index in [-0.39, 0.29) is 16.5 Å². The zero-order valence-corrected chi connectivity index (χ0v) is 12.1. The number of alkyl halides is 4. The van der Waals surface area contributed by atoms with Gasteiger partial charge in [0.25, 0.3) is 0 Å². The molecule has 1 aliphatic carbocycles. The summed E-state index contributed by atoms with van der Waals surface area (Å²) in [5, 5.41) is 3.55. The summed E-state index contributed by atoms with van der Waals surface area (Å²) in [5.41, 5.74) is 0.953. The van der Waals surface area contributed by atoms with Crippen molar-refractivity contribution >= 4 is 11.6 Å². The van der Waals surface area contributed by atoms with E-state index >= 15 is 0 Å². The maximum Gasteiger partial charge on any atom is 0.573 e. The average molecular weight is 308 g/mol. The number of halogens is 4. The van der Waals surface area contributed by atoms with Gasteiger partial charge in [0.1, 0.15) is 5.75 Å². The molecule has 0 spiro atoms. The Bertz CT molecular complexity index is 458. The lowest BCUT2D eigenvalue weighted by atomic mass is 9.67. The molecule has 0 amide bonds. The Labute approximate surface area is 121 Å². The van der Waals surface area contributed by atoms with Crippen LogP contribution >= 0.6 is 11.6 Å². The molecule has 1 aromatic carbocycles. The number of hydrogen-bond acceptors (Lipinski definition) is 2. The summed E-state index contributed by atoms with van der Waals surface area (Å²) in [4.78, 5) is 0. The van der Waals surface area contributed by atoms with Crippen LogP contribution in [0, 0.1) is 5.41 Å². The van der Waals surface area contributed by atoms with E-state index in [4.69, 9.17) is 11.6 Å². The summed E-state index contributed by atoms with van der Waals surface area (Å²) >= 11 is 6.14. The molecule has 1 saturated carbocycles. The van der Waals surface area contributed by atoms with Crippen LogP contribution in [0.4, 0.5) is 13.2 Å². The number of ether oxygens (including phenoxy) is 1. The quantitative estimate of drug-likeness (QED) is 0.846. The van der Waals surface area contributed by atoms with Crippen molar-refractivity contribution in [3.63, 3.8) is 0 Å². The Morgan fingerprint density at radius 1 is 1.30 bits per heavy atom. The smallest absolute Gasteiger partial charge is 0.406 e. The topological polar surface area (TPSA) is 21.3 Å². The first kappa shape index (κ1) is 15.4. The molecule has 1 aliphatic rings. The molecule has 2 nitrogen and oxygen atoms in total. The third-order valence-corrected chi connectivity index (χ3v) is 4.60. The van der Waals surface area contributed by atoms with Crippen LogP contribution in [0.25, 0.3) is 0 Å². The molecule has 2 rings (SSSR count). The number of rotatable bonds is 4. The van der Waals surface area contributed by atoms with Gasteiger partial charge < -0.3 is 10.1 Å². The molecular formula is C14H17ClF3NO. The van der Waals surface area contributed by atoms with Crippen molar-refractivity contribution in [2.45, 2.75) is 44.6 Å². The summed E-state index contributed by atoms with van der Waals surface area (Å²) in [6.07, 6.45) is -3.74. The molecule has 0 saturated heterocycles. The largest absolute Gasteiger partial charge is 0.573 e. The first-order valence-electron chi connectivity index (χ1n) is 6.40. The molecule has 2 atom stereocenters. The van der Waals surface area contributed by atoms with Gasteiger partial charge in [0.2, 0.25) is 0 Å². The van der Waals surface area contributed by atoms with Gasteiger partial charge in [0, 0.05) is 18.0 Å².